The minimum atomic E-state index is -4.85. The Balaban J connectivity index is 2.47. The van der Waals surface area contributed by atoms with Crippen molar-refractivity contribution in [2.24, 2.45) is 0 Å². The first-order chi connectivity index (χ1) is 12.4. The molecule has 1 atom stereocenters. The van der Waals surface area contributed by atoms with Gasteiger partial charge in [-0.3, -0.25) is 4.98 Å². The van der Waals surface area contributed by atoms with Crippen molar-refractivity contribution in [2.75, 3.05) is 0 Å². The van der Waals surface area contributed by atoms with Crippen LogP contribution in [0.5, 0.6) is 0 Å². The van der Waals surface area contributed by atoms with Gasteiger partial charge >= 0.3 is 6.18 Å². The van der Waals surface area contributed by atoms with Crippen LogP contribution in [0.25, 0.3) is 0 Å². The Hall–Kier alpha value is -1.95. The number of aliphatic hydroxyl groups is 1. The summed E-state index contributed by atoms with van der Waals surface area (Å²) in [5.41, 5.74) is -2.06. The van der Waals surface area contributed by atoms with Crippen molar-refractivity contribution >= 4 is 0 Å². The molecular formula is C21H25F4NO. The van der Waals surface area contributed by atoms with E-state index < -0.39 is 35.9 Å². The standard InChI is InChI=1S/C21H25F4NO/c1-5-15-8-9-16(22)11-17(15)19(3,4)13-20(27,21(23,24)25)12-18-14(2)7-6-10-26-18/h6-11,27H,5,12-13H2,1-4H3. The van der Waals surface area contributed by atoms with Gasteiger partial charge in [-0.05, 0) is 60.1 Å². The molecule has 27 heavy (non-hydrogen) atoms. The summed E-state index contributed by atoms with van der Waals surface area (Å²) in [5, 5.41) is 10.7. The van der Waals surface area contributed by atoms with Crippen LogP contribution >= 0.6 is 0 Å². The van der Waals surface area contributed by atoms with Crippen molar-refractivity contribution in [3.05, 3.63) is 64.7 Å². The Morgan fingerprint density at radius 3 is 2.33 bits per heavy atom. The van der Waals surface area contributed by atoms with E-state index in [1.165, 1.54) is 18.3 Å². The number of aryl methyl sites for hydroxylation is 2. The topological polar surface area (TPSA) is 33.1 Å². The molecule has 1 aromatic carbocycles. The van der Waals surface area contributed by atoms with Gasteiger partial charge in [0, 0.05) is 18.3 Å². The average molecular weight is 383 g/mol. The van der Waals surface area contributed by atoms with E-state index in [4.69, 9.17) is 0 Å². The average Bonchev–Trinajstić information content (AvgIpc) is 2.55. The van der Waals surface area contributed by atoms with Crippen molar-refractivity contribution in [1.29, 1.82) is 0 Å². The number of rotatable bonds is 6. The zero-order valence-corrected chi connectivity index (χ0v) is 16.0. The Kier molecular flexibility index (Phi) is 6.00. The van der Waals surface area contributed by atoms with Crippen molar-refractivity contribution in [1.82, 2.24) is 4.98 Å². The van der Waals surface area contributed by atoms with E-state index in [1.807, 2.05) is 6.92 Å². The lowest BCUT2D eigenvalue weighted by Crippen LogP contribution is -2.51. The van der Waals surface area contributed by atoms with Gasteiger partial charge in [0.2, 0.25) is 0 Å². The van der Waals surface area contributed by atoms with Gasteiger partial charge in [0.15, 0.2) is 5.60 Å². The highest BCUT2D eigenvalue weighted by Gasteiger charge is 2.56. The quantitative estimate of drug-likeness (QED) is 0.687. The van der Waals surface area contributed by atoms with E-state index in [-0.39, 0.29) is 5.69 Å². The summed E-state index contributed by atoms with van der Waals surface area (Å²) >= 11 is 0. The highest BCUT2D eigenvalue weighted by atomic mass is 19.4. The third kappa shape index (κ3) is 4.67. The highest BCUT2D eigenvalue weighted by Crippen LogP contribution is 2.44. The molecule has 2 rings (SSSR count). The predicted octanol–water partition coefficient (Wildman–Crippen LogP) is 5.30. The van der Waals surface area contributed by atoms with Crippen LogP contribution in [0.15, 0.2) is 36.5 Å². The molecule has 0 saturated carbocycles. The number of hydrogen-bond donors (Lipinski definition) is 1. The molecule has 1 heterocycles. The molecule has 2 aromatic rings. The molecule has 0 aliphatic heterocycles. The van der Waals surface area contributed by atoms with Crippen LogP contribution in [-0.4, -0.2) is 21.9 Å². The first kappa shape index (κ1) is 21.4. The lowest BCUT2D eigenvalue weighted by molar-refractivity contribution is -0.266. The van der Waals surface area contributed by atoms with Gasteiger partial charge < -0.3 is 5.11 Å². The summed E-state index contributed by atoms with van der Waals surface area (Å²) in [4.78, 5) is 4.01. The van der Waals surface area contributed by atoms with Crippen molar-refractivity contribution in [3.8, 4) is 0 Å². The van der Waals surface area contributed by atoms with E-state index in [2.05, 4.69) is 4.98 Å². The summed E-state index contributed by atoms with van der Waals surface area (Å²) in [6, 6.07) is 7.44. The van der Waals surface area contributed by atoms with Crippen LogP contribution < -0.4 is 0 Å². The minimum Gasteiger partial charge on any atom is -0.380 e. The van der Waals surface area contributed by atoms with Crippen LogP contribution in [0.2, 0.25) is 0 Å². The van der Waals surface area contributed by atoms with Crippen LogP contribution in [0.4, 0.5) is 17.6 Å². The van der Waals surface area contributed by atoms with E-state index >= 15 is 0 Å². The second kappa shape index (κ2) is 7.58. The van der Waals surface area contributed by atoms with Gasteiger partial charge in [-0.15, -0.1) is 0 Å². The summed E-state index contributed by atoms with van der Waals surface area (Å²) in [6.45, 7) is 6.72. The molecular weight excluding hydrogens is 358 g/mol. The summed E-state index contributed by atoms with van der Waals surface area (Å²) in [7, 11) is 0. The normalized spacial score (nSPS) is 14.9. The largest absolute Gasteiger partial charge is 0.417 e. The fraction of sp³-hybridized carbons (Fsp3) is 0.476. The van der Waals surface area contributed by atoms with Gasteiger partial charge in [-0.25, -0.2) is 4.39 Å². The van der Waals surface area contributed by atoms with E-state index in [9.17, 15) is 22.7 Å². The maximum Gasteiger partial charge on any atom is 0.417 e. The first-order valence-corrected chi connectivity index (χ1v) is 8.88. The smallest absolute Gasteiger partial charge is 0.380 e. The molecule has 0 aliphatic rings. The van der Waals surface area contributed by atoms with Crippen molar-refractivity contribution < 1.29 is 22.7 Å². The number of aromatic nitrogens is 1. The second-order valence-corrected chi connectivity index (χ2v) is 7.69. The van der Waals surface area contributed by atoms with Crippen molar-refractivity contribution in [2.45, 2.75) is 64.1 Å². The van der Waals surface area contributed by atoms with Gasteiger partial charge in [-0.1, -0.05) is 32.9 Å². The number of alkyl halides is 3. The van der Waals surface area contributed by atoms with Crippen LogP contribution in [0.3, 0.4) is 0 Å². The van der Waals surface area contributed by atoms with Crippen molar-refractivity contribution in [3.63, 3.8) is 0 Å². The Bertz CT molecular complexity index is 801. The fourth-order valence-corrected chi connectivity index (χ4v) is 3.56. The minimum absolute atomic E-state index is 0.197. The molecule has 0 radical (unpaired) electrons. The predicted molar refractivity (Wildman–Crippen MR) is 97.1 cm³/mol. The molecule has 2 nitrogen and oxygen atoms in total. The molecule has 6 heteroatoms. The lowest BCUT2D eigenvalue weighted by atomic mass is 9.71. The molecule has 0 amide bonds. The number of nitrogens with zero attached hydrogens (tertiary/aromatic N) is 1. The van der Waals surface area contributed by atoms with Gasteiger partial charge in [0.25, 0.3) is 0 Å². The Labute approximate surface area is 157 Å². The highest BCUT2D eigenvalue weighted by molar-refractivity contribution is 5.35. The number of hydrogen-bond acceptors (Lipinski definition) is 2. The molecule has 0 aliphatic carbocycles. The Morgan fingerprint density at radius 1 is 1.11 bits per heavy atom. The maximum absolute atomic E-state index is 13.9. The van der Waals surface area contributed by atoms with Crippen LogP contribution in [0, 0.1) is 12.7 Å². The summed E-state index contributed by atoms with van der Waals surface area (Å²) in [6.07, 6.45) is -4.14. The molecule has 1 unspecified atom stereocenters. The number of benzene rings is 1. The molecule has 0 bridgehead atoms. The zero-order chi connectivity index (χ0) is 20.5. The summed E-state index contributed by atoms with van der Waals surface area (Å²) in [5.74, 6) is -0.508. The molecule has 1 N–H and O–H groups in total. The third-order valence-corrected chi connectivity index (χ3v) is 5.02. The third-order valence-electron chi connectivity index (χ3n) is 5.02. The van der Waals surface area contributed by atoms with Gasteiger partial charge in [0.05, 0.1) is 0 Å². The Morgan fingerprint density at radius 2 is 1.78 bits per heavy atom. The maximum atomic E-state index is 13.9. The molecule has 0 spiro atoms. The second-order valence-electron chi connectivity index (χ2n) is 7.69. The number of pyridine rings is 1. The molecule has 0 fully saturated rings. The van der Waals surface area contributed by atoms with Gasteiger partial charge in [-0.2, -0.15) is 13.2 Å². The monoisotopic (exact) mass is 383 g/mol. The summed E-state index contributed by atoms with van der Waals surface area (Å²) < 4.78 is 55.4. The lowest BCUT2D eigenvalue weighted by Gasteiger charge is -2.38. The SMILES string of the molecule is CCc1ccc(F)cc1C(C)(C)CC(O)(Cc1ncccc1C)C(F)(F)F. The first-order valence-electron chi connectivity index (χ1n) is 8.88. The van der Waals surface area contributed by atoms with Crippen LogP contribution in [0.1, 0.15) is 49.6 Å². The molecule has 1 aromatic heterocycles. The van der Waals surface area contributed by atoms with E-state index in [0.29, 0.717) is 17.5 Å². The molecule has 0 saturated heterocycles. The fourth-order valence-electron chi connectivity index (χ4n) is 3.56. The van der Waals surface area contributed by atoms with Crippen LogP contribution in [-0.2, 0) is 18.3 Å². The number of halogens is 4. The van der Waals surface area contributed by atoms with E-state index in [1.54, 1.807) is 39.0 Å². The zero-order valence-electron chi connectivity index (χ0n) is 16.0. The van der Waals surface area contributed by atoms with E-state index in [0.717, 1.165) is 5.56 Å². The molecule has 148 valence electrons. The van der Waals surface area contributed by atoms with Gasteiger partial charge in [0.1, 0.15) is 5.82 Å².